The predicted octanol–water partition coefficient (Wildman–Crippen LogP) is 2.97. The molecule has 3 rings (SSSR count). The number of anilines is 1. The Morgan fingerprint density at radius 3 is 2.56 bits per heavy atom. The van der Waals surface area contributed by atoms with E-state index in [0.29, 0.717) is 5.54 Å². The van der Waals surface area contributed by atoms with Crippen LogP contribution in [0.15, 0.2) is 24.3 Å². The first-order valence-electron chi connectivity index (χ1n) is 7.41. The summed E-state index contributed by atoms with van der Waals surface area (Å²) < 4.78 is 0. The summed E-state index contributed by atoms with van der Waals surface area (Å²) in [7, 11) is 0. The highest BCUT2D eigenvalue weighted by Gasteiger charge is 2.41. The molecule has 1 spiro atoms. The van der Waals surface area contributed by atoms with Crippen molar-refractivity contribution in [1.82, 2.24) is 5.32 Å². The van der Waals surface area contributed by atoms with Gasteiger partial charge in [0.2, 0.25) is 0 Å². The molecule has 0 aromatic heterocycles. The van der Waals surface area contributed by atoms with E-state index in [1.54, 1.807) is 0 Å². The van der Waals surface area contributed by atoms with Crippen molar-refractivity contribution in [1.29, 1.82) is 0 Å². The number of aryl methyl sites for hydroxylation is 1. The summed E-state index contributed by atoms with van der Waals surface area (Å²) in [6.07, 6.45) is 6.63. The van der Waals surface area contributed by atoms with Crippen LogP contribution in [0.5, 0.6) is 0 Å². The lowest BCUT2D eigenvalue weighted by Gasteiger charge is -2.47. The number of rotatable bonds is 2. The molecule has 2 aliphatic rings. The van der Waals surface area contributed by atoms with Crippen molar-refractivity contribution in [2.75, 3.05) is 24.5 Å². The van der Waals surface area contributed by atoms with Gasteiger partial charge in [-0.05, 0) is 37.0 Å². The van der Waals surface area contributed by atoms with Gasteiger partial charge in [0, 0.05) is 25.3 Å². The van der Waals surface area contributed by atoms with Crippen LogP contribution < -0.4 is 10.2 Å². The first-order valence-corrected chi connectivity index (χ1v) is 7.41. The summed E-state index contributed by atoms with van der Waals surface area (Å²) in [5.74, 6) is 0. The van der Waals surface area contributed by atoms with Gasteiger partial charge in [0.1, 0.15) is 0 Å². The van der Waals surface area contributed by atoms with Crippen molar-refractivity contribution >= 4 is 5.69 Å². The predicted molar refractivity (Wildman–Crippen MR) is 77.2 cm³/mol. The van der Waals surface area contributed by atoms with E-state index in [-0.39, 0.29) is 0 Å². The second-order valence-electron chi connectivity index (χ2n) is 5.78. The minimum Gasteiger partial charge on any atom is -0.363 e. The lowest BCUT2D eigenvalue weighted by Crippen LogP contribution is -2.60. The van der Waals surface area contributed by atoms with Crippen LogP contribution in [-0.2, 0) is 6.42 Å². The van der Waals surface area contributed by atoms with Crippen LogP contribution in [0, 0.1) is 0 Å². The Hall–Kier alpha value is -1.02. The zero-order valence-electron chi connectivity index (χ0n) is 11.4. The van der Waals surface area contributed by atoms with Crippen LogP contribution in [-0.4, -0.2) is 25.2 Å². The third-order valence-corrected chi connectivity index (χ3v) is 4.73. The maximum atomic E-state index is 3.60. The summed E-state index contributed by atoms with van der Waals surface area (Å²) in [6, 6.07) is 9.23. The van der Waals surface area contributed by atoms with Gasteiger partial charge < -0.3 is 10.2 Å². The Bertz CT molecular complexity index is 390. The fraction of sp³-hybridized carbons (Fsp3) is 0.625. The van der Waals surface area contributed by atoms with Gasteiger partial charge in [-0.25, -0.2) is 0 Å². The average molecular weight is 244 g/mol. The van der Waals surface area contributed by atoms with Gasteiger partial charge in [0.25, 0.3) is 0 Å². The molecule has 1 saturated heterocycles. The Morgan fingerprint density at radius 1 is 1.17 bits per heavy atom. The first kappa shape index (κ1) is 12.0. The number of hydrogen-bond donors (Lipinski definition) is 1. The summed E-state index contributed by atoms with van der Waals surface area (Å²) in [5, 5.41) is 3.60. The first-order chi connectivity index (χ1) is 8.84. The van der Waals surface area contributed by atoms with Crippen LogP contribution in [0.1, 0.15) is 38.2 Å². The smallest absolute Gasteiger partial charge is 0.0526 e. The number of benzene rings is 1. The van der Waals surface area contributed by atoms with Crippen molar-refractivity contribution in [3.8, 4) is 0 Å². The molecule has 1 aromatic carbocycles. The molecule has 0 bridgehead atoms. The number of nitrogens with one attached hydrogen (secondary N) is 1. The Kier molecular flexibility index (Phi) is 3.29. The molecule has 1 aromatic rings. The molecule has 2 fully saturated rings. The number of piperazine rings is 1. The number of hydrogen-bond acceptors (Lipinski definition) is 2. The molecule has 2 heteroatoms. The Balaban J connectivity index is 1.87. The topological polar surface area (TPSA) is 15.3 Å². The SMILES string of the molecule is CCc1ccc(N2CCNCC23CCCC3)cc1. The second-order valence-corrected chi connectivity index (χ2v) is 5.78. The molecule has 0 amide bonds. The molecular formula is C16H24N2. The van der Waals surface area contributed by atoms with E-state index in [2.05, 4.69) is 41.4 Å². The highest BCUT2D eigenvalue weighted by molar-refractivity contribution is 5.51. The third kappa shape index (κ3) is 2.03. The minimum absolute atomic E-state index is 0.409. The Morgan fingerprint density at radius 2 is 1.89 bits per heavy atom. The highest BCUT2D eigenvalue weighted by atomic mass is 15.3. The van der Waals surface area contributed by atoms with Crippen molar-refractivity contribution in [2.45, 2.75) is 44.6 Å². The van der Waals surface area contributed by atoms with E-state index in [0.717, 1.165) is 19.5 Å². The zero-order chi connectivity index (χ0) is 12.4. The molecular weight excluding hydrogens is 220 g/mol. The lowest BCUT2D eigenvalue weighted by atomic mass is 9.92. The average Bonchev–Trinajstić information content (AvgIpc) is 2.88. The lowest BCUT2D eigenvalue weighted by molar-refractivity contribution is 0.332. The molecule has 1 aliphatic carbocycles. The van der Waals surface area contributed by atoms with Crippen molar-refractivity contribution in [3.63, 3.8) is 0 Å². The van der Waals surface area contributed by atoms with E-state index in [4.69, 9.17) is 0 Å². The summed E-state index contributed by atoms with van der Waals surface area (Å²) in [5.41, 5.74) is 3.27. The van der Waals surface area contributed by atoms with E-state index in [9.17, 15) is 0 Å². The van der Waals surface area contributed by atoms with Gasteiger partial charge in [-0.1, -0.05) is 31.9 Å². The maximum Gasteiger partial charge on any atom is 0.0526 e. The van der Waals surface area contributed by atoms with E-state index in [1.807, 2.05) is 0 Å². The van der Waals surface area contributed by atoms with Crippen LogP contribution in [0.2, 0.25) is 0 Å². The molecule has 1 N–H and O–H groups in total. The molecule has 0 radical (unpaired) electrons. The van der Waals surface area contributed by atoms with Crippen LogP contribution in [0.25, 0.3) is 0 Å². The van der Waals surface area contributed by atoms with Crippen LogP contribution in [0.3, 0.4) is 0 Å². The molecule has 1 aliphatic heterocycles. The van der Waals surface area contributed by atoms with Crippen LogP contribution in [0.4, 0.5) is 5.69 Å². The van der Waals surface area contributed by atoms with E-state index < -0.39 is 0 Å². The van der Waals surface area contributed by atoms with Crippen molar-refractivity contribution in [2.24, 2.45) is 0 Å². The van der Waals surface area contributed by atoms with Gasteiger partial charge in [-0.15, -0.1) is 0 Å². The maximum absolute atomic E-state index is 3.60. The molecule has 0 unspecified atom stereocenters. The third-order valence-electron chi connectivity index (χ3n) is 4.73. The molecule has 98 valence electrons. The number of nitrogens with zero attached hydrogens (tertiary/aromatic N) is 1. The highest BCUT2D eigenvalue weighted by Crippen LogP contribution is 2.38. The second kappa shape index (κ2) is 4.93. The monoisotopic (exact) mass is 244 g/mol. The summed E-state index contributed by atoms with van der Waals surface area (Å²) >= 11 is 0. The molecule has 18 heavy (non-hydrogen) atoms. The molecule has 0 atom stereocenters. The quantitative estimate of drug-likeness (QED) is 0.860. The standard InChI is InChI=1S/C16H24N2/c1-2-14-5-7-15(8-6-14)18-12-11-17-13-16(18)9-3-4-10-16/h5-8,17H,2-4,9-13H2,1H3. The van der Waals surface area contributed by atoms with Gasteiger partial charge in [-0.3, -0.25) is 0 Å². The minimum atomic E-state index is 0.409. The zero-order valence-corrected chi connectivity index (χ0v) is 11.4. The van der Waals surface area contributed by atoms with Crippen molar-refractivity contribution in [3.05, 3.63) is 29.8 Å². The Labute approximate surface area is 110 Å². The van der Waals surface area contributed by atoms with Crippen molar-refractivity contribution < 1.29 is 0 Å². The van der Waals surface area contributed by atoms with E-state index >= 15 is 0 Å². The normalized spacial score (nSPS) is 22.6. The van der Waals surface area contributed by atoms with E-state index in [1.165, 1.54) is 43.5 Å². The van der Waals surface area contributed by atoms with Gasteiger partial charge in [0.15, 0.2) is 0 Å². The van der Waals surface area contributed by atoms with Gasteiger partial charge in [0.05, 0.1) is 5.54 Å². The van der Waals surface area contributed by atoms with Gasteiger partial charge >= 0.3 is 0 Å². The summed E-state index contributed by atoms with van der Waals surface area (Å²) in [4.78, 5) is 2.68. The van der Waals surface area contributed by atoms with Crippen LogP contribution >= 0.6 is 0 Å². The fourth-order valence-electron chi connectivity index (χ4n) is 3.64. The van der Waals surface area contributed by atoms with Gasteiger partial charge in [-0.2, -0.15) is 0 Å². The summed E-state index contributed by atoms with van der Waals surface area (Å²) in [6.45, 7) is 5.67. The fourth-order valence-corrected chi connectivity index (χ4v) is 3.64. The largest absolute Gasteiger partial charge is 0.363 e. The molecule has 1 saturated carbocycles. The molecule has 1 heterocycles. The molecule has 2 nitrogen and oxygen atoms in total.